The Kier molecular flexibility index (Phi) is 6.39. The summed E-state index contributed by atoms with van der Waals surface area (Å²) < 4.78 is 19.1. The van der Waals surface area contributed by atoms with E-state index >= 15 is 0 Å². The lowest BCUT2D eigenvalue weighted by Crippen LogP contribution is -2.14. The molecule has 3 aromatic rings. The van der Waals surface area contributed by atoms with E-state index in [1.54, 1.807) is 42.5 Å². The van der Waals surface area contributed by atoms with Crippen molar-refractivity contribution in [2.75, 3.05) is 5.32 Å². The molecule has 0 aromatic heterocycles. The Morgan fingerprint density at radius 3 is 2.62 bits per heavy atom. The number of nitrogens with zero attached hydrogens (tertiary/aromatic N) is 1. The van der Waals surface area contributed by atoms with E-state index in [2.05, 4.69) is 5.32 Å². The molecule has 3 aromatic carbocycles. The quantitative estimate of drug-likeness (QED) is 0.464. The summed E-state index contributed by atoms with van der Waals surface area (Å²) in [6.07, 6.45) is 1.48. The summed E-state index contributed by atoms with van der Waals surface area (Å²) in [6, 6.07) is 22.5. The standard InChI is InChI=1S/C24H19FN2O2/c1-17-7-2-4-11-22(17)27-24(28)20(15-26)14-19-9-3-5-12-23(19)29-16-18-8-6-10-21(25)13-18/h2-14H,16H2,1H3,(H,27,28)/b20-14+. The highest BCUT2D eigenvalue weighted by atomic mass is 19.1. The number of ether oxygens (including phenoxy) is 1. The number of hydrogen-bond donors (Lipinski definition) is 1. The zero-order chi connectivity index (χ0) is 20.6. The lowest BCUT2D eigenvalue weighted by molar-refractivity contribution is -0.112. The normalized spacial score (nSPS) is 10.9. The van der Waals surface area contributed by atoms with E-state index < -0.39 is 5.91 Å². The lowest BCUT2D eigenvalue weighted by Gasteiger charge is -2.10. The molecule has 1 N–H and O–H groups in total. The Hall–Kier alpha value is -3.91. The number of benzene rings is 3. The van der Waals surface area contributed by atoms with Gasteiger partial charge in [0, 0.05) is 11.3 Å². The maximum atomic E-state index is 13.3. The minimum Gasteiger partial charge on any atom is -0.488 e. The molecule has 0 heterocycles. The fraction of sp³-hybridized carbons (Fsp3) is 0.0833. The fourth-order valence-electron chi connectivity index (χ4n) is 2.73. The summed E-state index contributed by atoms with van der Waals surface area (Å²) >= 11 is 0. The van der Waals surface area contributed by atoms with E-state index in [4.69, 9.17) is 4.74 Å². The van der Waals surface area contributed by atoms with Crippen molar-refractivity contribution in [3.05, 3.63) is 101 Å². The Morgan fingerprint density at radius 2 is 1.86 bits per heavy atom. The van der Waals surface area contributed by atoms with E-state index in [1.165, 1.54) is 18.2 Å². The average molecular weight is 386 g/mol. The largest absolute Gasteiger partial charge is 0.488 e. The molecule has 4 nitrogen and oxygen atoms in total. The first-order chi connectivity index (χ1) is 14.1. The van der Waals surface area contributed by atoms with Crippen LogP contribution in [0, 0.1) is 24.1 Å². The molecule has 0 aliphatic heterocycles. The minimum absolute atomic E-state index is 0.0462. The highest BCUT2D eigenvalue weighted by molar-refractivity contribution is 6.10. The third-order valence-electron chi connectivity index (χ3n) is 4.26. The van der Waals surface area contributed by atoms with Gasteiger partial charge in [0.2, 0.25) is 0 Å². The molecule has 5 heteroatoms. The smallest absolute Gasteiger partial charge is 0.266 e. The first-order valence-corrected chi connectivity index (χ1v) is 9.02. The second-order valence-corrected chi connectivity index (χ2v) is 6.40. The first kappa shape index (κ1) is 19.8. The molecular formula is C24H19FN2O2. The molecule has 0 aliphatic rings. The van der Waals surface area contributed by atoms with Crippen molar-refractivity contribution < 1.29 is 13.9 Å². The molecule has 0 atom stereocenters. The van der Waals surface area contributed by atoms with Crippen LogP contribution in [0.2, 0.25) is 0 Å². The van der Waals surface area contributed by atoms with Crippen molar-refractivity contribution in [3.63, 3.8) is 0 Å². The molecule has 0 bridgehead atoms. The predicted molar refractivity (Wildman–Crippen MR) is 111 cm³/mol. The summed E-state index contributed by atoms with van der Waals surface area (Å²) in [6.45, 7) is 2.04. The lowest BCUT2D eigenvalue weighted by atomic mass is 10.1. The van der Waals surface area contributed by atoms with Crippen molar-refractivity contribution >= 4 is 17.7 Å². The molecule has 0 saturated carbocycles. The zero-order valence-electron chi connectivity index (χ0n) is 15.9. The van der Waals surface area contributed by atoms with Gasteiger partial charge in [0.1, 0.15) is 29.8 Å². The van der Waals surface area contributed by atoms with Crippen LogP contribution in [-0.2, 0) is 11.4 Å². The van der Waals surface area contributed by atoms with Gasteiger partial charge in [-0.2, -0.15) is 5.26 Å². The number of amides is 1. The summed E-state index contributed by atoms with van der Waals surface area (Å²) in [7, 11) is 0. The van der Waals surface area contributed by atoms with Crippen LogP contribution in [0.1, 0.15) is 16.7 Å². The van der Waals surface area contributed by atoms with E-state index in [-0.39, 0.29) is 18.0 Å². The molecule has 29 heavy (non-hydrogen) atoms. The number of aryl methyl sites for hydroxylation is 1. The van der Waals surface area contributed by atoms with E-state index in [0.29, 0.717) is 22.6 Å². The monoisotopic (exact) mass is 386 g/mol. The van der Waals surface area contributed by atoms with E-state index in [0.717, 1.165) is 5.56 Å². The van der Waals surface area contributed by atoms with Crippen molar-refractivity contribution in [1.29, 1.82) is 5.26 Å². The van der Waals surface area contributed by atoms with Crippen molar-refractivity contribution in [3.8, 4) is 11.8 Å². The number of hydrogen-bond acceptors (Lipinski definition) is 3. The highest BCUT2D eigenvalue weighted by Gasteiger charge is 2.12. The molecule has 0 radical (unpaired) electrons. The zero-order valence-corrected chi connectivity index (χ0v) is 15.9. The number of carbonyl (C=O) groups excluding carboxylic acids is 1. The van der Waals surface area contributed by atoms with E-state index in [1.807, 2.05) is 31.2 Å². The molecule has 0 unspecified atom stereocenters. The van der Waals surface area contributed by atoms with Crippen LogP contribution in [0.4, 0.5) is 10.1 Å². The van der Waals surface area contributed by atoms with Crippen molar-refractivity contribution in [2.45, 2.75) is 13.5 Å². The molecular weight excluding hydrogens is 367 g/mol. The number of halogens is 1. The van der Waals surface area contributed by atoms with Gasteiger partial charge >= 0.3 is 0 Å². The van der Waals surface area contributed by atoms with Gasteiger partial charge in [-0.3, -0.25) is 4.79 Å². The van der Waals surface area contributed by atoms with E-state index in [9.17, 15) is 14.4 Å². The number of nitrogens with one attached hydrogen (secondary N) is 1. The molecule has 144 valence electrons. The van der Waals surface area contributed by atoms with Crippen LogP contribution in [0.3, 0.4) is 0 Å². The molecule has 1 amide bonds. The number of rotatable bonds is 6. The summed E-state index contributed by atoms with van der Waals surface area (Å²) in [5, 5.41) is 12.2. The molecule has 0 aliphatic carbocycles. The van der Waals surface area contributed by atoms with Crippen LogP contribution in [0.5, 0.6) is 5.75 Å². The SMILES string of the molecule is Cc1ccccc1NC(=O)/C(C#N)=C/c1ccccc1OCc1cccc(F)c1. The van der Waals surface area contributed by atoms with Gasteiger partial charge in [0.25, 0.3) is 5.91 Å². The topological polar surface area (TPSA) is 62.1 Å². The Balaban J connectivity index is 1.80. The molecule has 0 saturated heterocycles. The minimum atomic E-state index is -0.498. The second kappa shape index (κ2) is 9.34. The van der Waals surface area contributed by atoms with Crippen LogP contribution < -0.4 is 10.1 Å². The van der Waals surface area contributed by atoms with Crippen LogP contribution in [0.15, 0.2) is 78.4 Å². The number of nitriles is 1. The fourth-order valence-corrected chi connectivity index (χ4v) is 2.73. The van der Waals surface area contributed by atoms with Crippen molar-refractivity contribution in [2.24, 2.45) is 0 Å². The second-order valence-electron chi connectivity index (χ2n) is 6.40. The third kappa shape index (κ3) is 5.30. The number of anilines is 1. The van der Waals surface area contributed by atoms with Crippen molar-refractivity contribution in [1.82, 2.24) is 0 Å². The number of para-hydroxylation sites is 2. The summed E-state index contributed by atoms with van der Waals surface area (Å²) in [4.78, 5) is 12.5. The third-order valence-corrected chi connectivity index (χ3v) is 4.26. The summed E-state index contributed by atoms with van der Waals surface area (Å²) in [5.41, 5.74) is 2.77. The number of carbonyl (C=O) groups is 1. The Bertz CT molecular complexity index is 1100. The first-order valence-electron chi connectivity index (χ1n) is 9.02. The molecule has 3 rings (SSSR count). The Morgan fingerprint density at radius 1 is 1.10 bits per heavy atom. The molecule has 0 fully saturated rings. The van der Waals surface area contributed by atoms with Gasteiger partial charge in [0.15, 0.2) is 0 Å². The van der Waals surface area contributed by atoms with Gasteiger partial charge in [-0.25, -0.2) is 4.39 Å². The Labute approximate surface area is 168 Å². The van der Waals surface area contributed by atoms with Crippen LogP contribution >= 0.6 is 0 Å². The maximum absolute atomic E-state index is 13.3. The van der Waals surface area contributed by atoms with Gasteiger partial charge in [0.05, 0.1) is 0 Å². The molecule has 0 spiro atoms. The predicted octanol–water partition coefficient (Wildman–Crippen LogP) is 5.26. The van der Waals surface area contributed by atoms with Gasteiger partial charge in [-0.1, -0.05) is 48.5 Å². The van der Waals surface area contributed by atoms with Gasteiger partial charge < -0.3 is 10.1 Å². The highest BCUT2D eigenvalue weighted by Crippen LogP contribution is 2.23. The van der Waals surface area contributed by atoms with Gasteiger partial charge in [-0.15, -0.1) is 0 Å². The van der Waals surface area contributed by atoms with Crippen LogP contribution in [-0.4, -0.2) is 5.91 Å². The van der Waals surface area contributed by atoms with Gasteiger partial charge in [-0.05, 0) is 48.4 Å². The maximum Gasteiger partial charge on any atom is 0.266 e. The van der Waals surface area contributed by atoms with Crippen LogP contribution in [0.25, 0.3) is 6.08 Å². The average Bonchev–Trinajstić information content (AvgIpc) is 2.73. The summed E-state index contributed by atoms with van der Waals surface area (Å²) in [5.74, 6) is -0.339.